The smallest absolute Gasteiger partial charge is 0.0609 e. The lowest BCUT2D eigenvalue weighted by molar-refractivity contribution is 0.640. The standard InChI is InChI=1S/C9H18S2/c1-3-5-6-9(4-2)10-7-8-11-9/h3-8H2,1-2H3. The quantitative estimate of drug-likeness (QED) is 0.662. The number of unbranched alkanes of at least 4 members (excludes halogenated alkanes) is 1. The molecule has 0 nitrogen and oxygen atoms in total. The van der Waals surface area contributed by atoms with E-state index >= 15 is 0 Å². The van der Waals surface area contributed by atoms with E-state index in [1.54, 1.807) is 0 Å². The molecule has 0 aromatic heterocycles. The molecule has 1 heterocycles. The van der Waals surface area contributed by atoms with Gasteiger partial charge in [-0.15, -0.1) is 23.5 Å². The highest BCUT2D eigenvalue weighted by molar-refractivity contribution is 8.21. The molecule has 0 radical (unpaired) electrons. The average molecular weight is 190 g/mol. The summed E-state index contributed by atoms with van der Waals surface area (Å²) in [5.41, 5.74) is 0. The zero-order chi connectivity index (χ0) is 8.16. The van der Waals surface area contributed by atoms with Crippen LogP contribution in [0, 0.1) is 0 Å². The highest BCUT2D eigenvalue weighted by Gasteiger charge is 2.32. The van der Waals surface area contributed by atoms with Crippen LogP contribution >= 0.6 is 23.5 Å². The van der Waals surface area contributed by atoms with Crippen LogP contribution in [-0.4, -0.2) is 15.6 Å². The van der Waals surface area contributed by atoms with E-state index in [1.807, 2.05) is 0 Å². The lowest BCUT2D eigenvalue weighted by Gasteiger charge is -2.25. The maximum atomic E-state index is 2.33. The summed E-state index contributed by atoms with van der Waals surface area (Å²) in [6.45, 7) is 4.62. The molecule has 1 saturated heterocycles. The average Bonchev–Trinajstić information content (AvgIpc) is 2.50. The summed E-state index contributed by atoms with van der Waals surface area (Å²) in [6.07, 6.45) is 5.54. The van der Waals surface area contributed by atoms with Crippen molar-refractivity contribution in [3.05, 3.63) is 0 Å². The van der Waals surface area contributed by atoms with Crippen molar-refractivity contribution in [1.82, 2.24) is 0 Å². The first-order valence-electron chi connectivity index (χ1n) is 4.61. The van der Waals surface area contributed by atoms with Crippen molar-refractivity contribution < 1.29 is 0 Å². The van der Waals surface area contributed by atoms with Crippen LogP contribution in [0.1, 0.15) is 39.5 Å². The van der Waals surface area contributed by atoms with Crippen LogP contribution in [0.4, 0.5) is 0 Å². The predicted octanol–water partition coefficient (Wildman–Crippen LogP) is 3.76. The summed E-state index contributed by atoms with van der Waals surface area (Å²) >= 11 is 4.39. The van der Waals surface area contributed by atoms with Gasteiger partial charge in [-0.1, -0.05) is 26.7 Å². The van der Waals surface area contributed by atoms with E-state index in [0.717, 1.165) is 0 Å². The molecule has 0 aliphatic carbocycles. The van der Waals surface area contributed by atoms with Crippen LogP contribution in [0.5, 0.6) is 0 Å². The summed E-state index contributed by atoms with van der Waals surface area (Å²) in [6, 6.07) is 0. The van der Waals surface area contributed by atoms with E-state index in [4.69, 9.17) is 0 Å². The van der Waals surface area contributed by atoms with Gasteiger partial charge in [0.1, 0.15) is 0 Å². The monoisotopic (exact) mass is 190 g/mol. The van der Waals surface area contributed by atoms with Crippen LogP contribution in [-0.2, 0) is 0 Å². The van der Waals surface area contributed by atoms with Crippen LogP contribution in [0.3, 0.4) is 0 Å². The maximum Gasteiger partial charge on any atom is 0.0609 e. The molecule has 1 fully saturated rings. The molecule has 0 bridgehead atoms. The third kappa shape index (κ3) is 2.59. The van der Waals surface area contributed by atoms with Crippen molar-refractivity contribution in [2.24, 2.45) is 0 Å². The predicted molar refractivity (Wildman–Crippen MR) is 57.5 cm³/mol. The van der Waals surface area contributed by atoms with Gasteiger partial charge in [0.15, 0.2) is 0 Å². The molecule has 0 saturated carbocycles. The van der Waals surface area contributed by atoms with Crippen molar-refractivity contribution in [2.45, 2.75) is 43.6 Å². The molecular formula is C9H18S2. The summed E-state index contributed by atoms with van der Waals surface area (Å²) in [4.78, 5) is 0. The largest absolute Gasteiger partial charge is 0.143 e. The fourth-order valence-electron chi connectivity index (χ4n) is 1.47. The Kier molecular flexibility index (Phi) is 4.14. The highest BCUT2D eigenvalue weighted by atomic mass is 32.2. The molecule has 2 heteroatoms. The second kappa shape index (κ2) is 4.66. The summed E-state index contributed by atoms with van der Waals surface area (Å²) in [5, 5.41) is 0. The Morgan fingerprint density at radius 1 is 1.18 bits per heavy atom. The van der Waals surface area contributed by atoms with Gasteiger partial charge in [-0.05, 0) is 12.8 Å². The van der Waals surface area contributed by atoms with Crippen molar-refractivity contribution >= 4 is 23.5 Å². The second-order valence-electron chi connectivity index (χ2n) is 3.06. The van der Waals surface area contributed by atoms with Crippen molar-refractivity contribution in [2.75, 3.05) is 11.5 Å². The molecule has 11 heavy (non-hydrogen) atoms. The Hall–Kier alpha value is 0.700. The molecule has 0 unspecified atom stereocenters. The Bertz CT molecular complexity index is 106. The Labute approximate surface area is 78.9 Å². The molecule has 1 aliphatic rings. The summed E-state index contributed by atoms with van der Waals surface area (Å²) < 4.78 is 0.621. The van der Waals surface area contributed by atoms with Gasteiger partial charge >= 0.3 is 0 Å². The lowest BCUT2D eigenvalue weighted by atomic mass is 10.1. The number of thioether (sulfide) groups is 2. The summed E-state index contributed by atoms with van der Waals surface area (Å²) in [7, 11) is 0. The zero-order valence-corrected chi connectivity index (χ0v) is 9.19. The van der Waals surface area contributed by atoms with Crippen molar-refractivity contribution in [1.29, 1.82) is 0 Å². The van der Waals surface area contributed by atoms with Crippen LogP contribution in [0.25, 0.3) is 0 Å². The highest BCUT2D eigenvalue weighted by Crippen LogP contribution is 2.49. The molecule has 0 aromatic carbocycles. The molecule has 0 N–H and O–H groups in total. The summed E-state index contributed by atoms with van der Waals surface area (Å²) in [5.74, 6) is 2.75. The van der Waals surface area contributed by atoms with E-state index in [1.165, 1.54) is 37.2 Å². The Morgan fingerprint density at radius 3 is 2.27 bits per heavy atom. The first-order valence-corrected chi connectivity index (χ1v) is 6.58. The van der Waals surface area contributed by atoms with Crippen molar-refractivity contribution in [3.63, 3.8) is 0 Å². The van der Waals surface area contributed by atoms with Crippen LogP contribution in [0.15, 0.2) is 0 Å². The second-order valence-corrected chi connectivity index (χ2v) is 6.28. The zero-order valence-electron chi connectivity index (χ0n) is 7.56. The van der Waals surface area contributed by atoms with Gasteiger partial charge in [0, 0.05) is 11.5 Å². The molecule has 0 atom stereocenters. The molecule has 1 aliphatic heterocycles. The third-order valence-corrected chi connectivity index (χ3v) is 6.08. The lowest BCUT2D eigenvalue weighted by Crippen LogP contribution is -2.14. The van der Waals surface area contributed by atoms with Gasteiger partial charge < -0.3 is 0 Å². The third-order valence-electron chi connectivity index (χ3n) is 2.26. The normalized spacial score (nSPS) is 22.4. The molecule has 0 amide bonds. The molecule has 0 aromatic rings. The fourth-order valence-corrected chi connectivity index (χ4v) is 4.70. The molecular weight excluding hydrogens is 172 g/mol. The minimum absolute atomic E-state index is 0.621. The van der Waals surface area contributed by atoms with Gasteiger partial charge in [0.25, 0.3) is 0 Å². The number of rotatable bonds is 4. The van der Waals surface area contributed by atoms with Gasteiger partial charge in [0.2, 0.25) is 0 Å². The first-order chi connectivity index (χ1) is 5.33. The molecule has 1 rings (SSSR count). The van der Waals surface area contributed by atoms with Gasteiger partial charge in [-0.3, -0.25) is 0 Å². The van der Waals surface area contributed by atoms with Crippen LogP contribution in [0.2, 0.25) is 0 Å². The fraction of sp³-hybridized carbons (Fsp3) is 1.00. The number of hydrogen-bond acceptors (Lipinski definition) is 2. The molecule has 0 spiro atoms. The van der Waals surface area contributed by atoms with Crippen molar-refractivity contribution in [3.8, 4) is 0 Å². The van der Waals surface area contributed by atoms with Crippen LogP contribution < -0.4 is 0 Å². The van der Waals surface area contributed by atoms with E-state index in [0.29, 0.717) is 4.08 Å². The Morgan fingerprint density at radius 2 is 1.82 bits per heavy atom. The molecule has 66 valence electrons. The van der Waals surface area contributed by atoms with E-state index < -0.39 is 0 Å². The minimum Gasteiger partial charge on any atom is -0.143 e. The van der Waals surface area contributed by atoms with E-state index in [-0.39, 0.29) is 0 Å². The topological polar surface area (TPSA) is 0 Å². The van der Waals surface area contributed by atoms with Gasteiger partial charge in [-0.25, -0.2) is 0 Å². The SMILES string of the molecule is CCCCC1(CC)SCCS1. The first kappa shape index (κ1) is 9.79. The van der Waals surface area contributed by atoms with E-state index in [2.05, 4.69) is 37.4 Å². The Balaban J connectivity index is 2.33. The van der Waals surface area contributed by atoms with E-state index in [9.17, 15) is 0 Å². The minimum atomic E-state index is 0.621. The maximum absolute atomic E-state index is 2.33. The van der Waals surface area contributed by atoms with Gasteiger partial charge in [-0.2, -0.15) is 0 Å². The van der Waals surface area contributed by atoms with Gasteiger partial charge in [0.05, 0.1) is 4.08 Å². The number of hydrogen-bond donors (Lipinski definition) is 0.